The van der Waals surface area contributed by atoms with E-state index in [4.69, 9.17) is 9.72 Å². The molecule has 0 aliphatic rings. The highest BCUT2D eigenvalue weighted by atomic mass is 32.2. The maximum Gasteiger partial charge on any atom is 0.263 e. The number of aryl methyl sites for hydroxylation is 2. The van der Waals surface area contributed by atoms with Crippen LogP contribution in [0.3, 0.4) is 0 Å². The Morgan fingerprint density at radius 3 is 2.47 bits per heavy atom. The molecule has 4 aromatic rings. The second-order valence-corrected chi connectivity index (χ2v) is 9.58. The van der Waals surface area contributed by atoms with Crippen LogP contribution in [0.25, 0.3) is 21.3 Å². The van der Waals surface area contributed by atoms with E-state index in [-0.39, 0.29) is 5.56 Å². The van der Waals surface area contributed by atoms with Crippen LogP contribution in [0.5, 0.6) is 5.75 Å². The van der Waals surface area contributed by atoms with Crippen molar-refractivity contribution in [3.63, 3.8) is 0 Å². The Morgan fingerprint density at radius 1 is 1.09 bits per heavy atom. The van der Waals surface area contributed by atoms with E-state index in [9.17, 15) is 4.79 Å². The molecule has 2 aromatic heterocycles. The van der Waals surface area contributed by atoms with Crippen LogP contribution in [-0.4, -0.2) is 21.9 Å². The van der Waals surface area contributed by atoms with Gasteiger partial charge in [0.25, 0.3) is 5.56 Å². The number of benzene rings is 2. The third-order valence-electron chi connectivity index (χ3n) is 5.14. The molecule has 0 bridgehead atoms. The molecule has 4 rings (SSSR count). The highest BCUT2D eigenvalue weighted by molar-refractivity contribution is 7.99. The Hall–Kier alpha value is -2.83. The van der Waals surface area contributed by atoms with Gasteiger partial charge in [0.2, 0.25) is 0 Å². The van der Waals surface area contributed by atoms with E-state index in [1.165, 1.54) is 22.5 Å². The first kappa shape index (κ1) is 22.4. The van der Waals surface area contributed by atoms with Gasteiger partial charge < -0.3 is 4.74 Å². The lowest BCUT2D eigenvalue weighted by molar-refractivity contribution is 0.318. The normalized spacial score (nSPS) is 11.1. The van der Waals surface area contributed by atoms with Crippen molar-refractivity contribution >= 4 is 33.3 Å². The summed E-state index contributed by atoms with van der Waals surface area (Å²) in [6.07, 6.45) is 2.61. The Bertz CT molecular complexity index is 1270. The van der Waals surface area contributed by atoms with Crippen molar-refractivity contribution in [2.45, 2.75) is 32.0 Å². The molecule has 4 nitrogen and oxygen atoms in total. The van der Waals surface area contributed by atoms with E-state index in [0.29, 0.717) is 18.5 Å². The number of aromatic nitrogens is 2. The van der Waals surface area contributed by atoms with Crippen LogP contribution in [0.2, 0.25) is 0 Å². The van der Waals surface area contributed by atoms with E-state index < -0.39 is 0 Å². The van der Waals surface area contributed by atoms with Crippen molar-refractivity contribution in [1.82, 2.24) is 9.55 Å². The van der Waals surface area contributed by atoms with E-state index in [1.807, 2.05) is 29.6 Å². The largest absolute Gasteiger partial charge is 0.494 e. The molecule has 0 aliphatic carbocycles. The third-order valence-corrected chi connectivity index (χ3v) is 7.08. The summed E-state index contributed by atoms with van der Waals surface area (Å²) in [6.45, 7) is 9.01. The van der Waals surface area contributed by atoms with Gasteiger partial charge in [0.1, 0.15) is 10.6 Å². The minimum Gasteiger partial charge on any atom is -0.494 e. The summed E-state index contributed by atoms with van der Waals surface area (Å²) < 4.78 is 7.54. The first-order chi connectivity index (χ1) is 15.6. The summed E-state index contributed by atoms with van der Waals surface area (Å²) in [4.78, 5) is 19.0. The van der Waals surface area contributed by atoms with Gasteiger partial charge in [0, 0.05) is 23.2 Å². The lowest BCUT2D eigenvalue weighted by atomic mass is 10.1. The van der Waals surface area contributed by atoms with E-state index >= 15 is 0 Å². The van der Waals surface area contributed by atoms with Crippen molar-refractivity contribution < 1.29 is 4.74 Å². The number of fused-ring (bicyclic) bond motifs is 1. The van der Waals surface area contributed by atoms with Crippen molar-refractivity contribution in [2.24, 2.45) is 0 Å². The Labute approximate surface area is 196 Å². The summed E-state index contributed by atoms with van der Waals surface area (Å²) in [7, 11) is 0. The van der Waals surface area contributed by atoms with Crippen LogP contribution in [-0.2, 0) is 6.54 Å². The maximum atomic E-state index is 13.4. The van der Waals surface area contributed by atoms with Gasteiger partial charge in [-0.3, -0.25) is 9.36 Å². The molecule has 6 heteroatoms. The first-order valence-corrected chi connectivity index (χ1v) is 12.5. The van der Waals surface area contributed by atoms with Gasteiger partial charge in [0.15, 0.2) is 5.16 Å². The number of rotatable bonds is 9. The second kappa shape index (κ2) is 10.2. The lowest BCUT2D eigenvalue weighted by Gasteiger charge is -2.11. The molecular formula is C26H26N2O2S2. The highest BCUT2D eigenvalue weighted by Crippen LogP contribution is 2.32. The van der Waals surface area contributed by atoms with Gasteiger partial charge in [-0.2, -0.15) is 0 Å². The molecule has 0 N–H and O–H groups in total. The van der Waals surface area contributed by atoms with Gasteiger partial charge in [-0.15, -0.1) is 17.9 Å². The highest BCUT2D eigenvalue weighted by Gasteiger charge is 2.17. The molecule has 2 aromatic carbocycles. The minimum absolute atomic E-state index is 0.00914. The van der Waals surface area contributed by atoms with Crippen molar-refractivity contribution in [1.29, 1.82) is 0 Å². The van der Waals surface area contributed by atoms with E-state index in [1.54, 1.807) is 22.4 Å². The molecular weight excluding hydrogens is 436 g/mol. The fourth-order valence-electron chi connectivity index (χ4n) is 3.40. The summed E-state index contributed by atoms with van der Waals surface area (Å²) in [5, 5.41) is 3.45. The van der Waals surface area contributed by atoms with E-state index in [0.717, 1.165) is 39.0 Å². The summed E-state index contributed by atoms with van der Waals surface area (Å²) in [6, 6.07) is 16.3. The molecule has 164 valence electrons. The SMILES string of the molecule is C=CCn1c(SCCCOc2ccc(C)cc2)nc2scc(-c3ccc(C)cc3)c2c1=O. The maximum absolute atomic E-state index is 13.4. The van der Waals surface area contributed by atoms with Crippen LogP contribution in [0.1, 0.15) is 17.5 Å². The van der Waals surface area contributed by atoms with Crippen molar-refractivity contribution in [3.8, 4) is 16.9 Å². The lowest BCUT2D eigenvalue weighted by Crippen LogP contribution is -2.22. The fourth-order valence-corrected chi connectivity index (χ4v) is 5.31. The standard InChI is InChI=1S/C26H26N2O2S2/c1-4-14-28-25(29)23-22(20-10-6-18(2)7-11-20)17-32-24(23)27-26(28)31-16-5-15-30-21-12-8-19(3)9-13-21/h4,6-13,17H,1,5,14-16H2,2-3H3. The third kappa shape index (κ3) is 4.97. The predicted molar refractivity (Wildman–Crippen MR) is 136 cm³/mol. The van der Waals surface area contributed by atoms with Gasteiger partial charge in [-0.1, -0.05) is 65.4 Å². The molecule has 0 saturated heterocycles. The molecule has 0 spiro atoms. The second-order valence-electron chi connectivity index (χ2n) is 7.66. The Kier molecular flexibility index (Phi) is 7.12. The molecule has 0 saturated carbocycles. The summed E-state index contributed by atoms with van der Waals surface area (Å²) >= 11 is 3.11. The van der Waals surface area contributed by atoms with Crippen LogP contribution >= 0.6 is 23.1 Å². The van der Waals surface area contributed by atoms with Crippen LogP contribution in [0.15, 0.2) is 76.5 Å². The quantitative estimate of drug-likeness (QED) is 0.123. The van der Waals surface area contributed by atoms with Gasteiger partial charge >= 0.3 is 0 Å². The number of hydrogen-bond donors (Lipinski definition) is 0. The topological polar surface area (TPSA) is 44.1 Å². The summed E-state index contributed by atoms with van der Waals surface area (Å²) in [5.74, 6) is 1.70. The van der Waals surface area contributed by atoms with Crippen LogP contribution in [0.4, 0.5) is 0 Å². The number of nitrogens with zero attached hydrogens (tertiary/aromatic N) is 2. The van der Waals surface area contributed by atoms with Crippen LogP contribution in [0, 0.1) is 13.8 Å². The monoisotopic (exact) mass is 462 g/mol. The fraction of sp³-hybridized carbons (Fsp3) is 0.231. The smallest absolute Gasteiger partial charge is 0.263 e. The summed E-state index contributed by atoms with van der Waals surface area (Å²) in [5.41, 5.74) is 4.39. The predicted octanol–water partition coefficient (Wildman–Crippen LogP) is 6.49. The zero-order valence-electron chi connectivity index (χ0n) is 18.3. The molecule has 0 atom stereocenters. The van der Waals surface area contributed by atoms with Gasteiger partial charge in [-0.05, 0) is 38.0 Å². The molecule has 0 aliphatic heterocycles. The Morgan fingerprint density at radius 2 is 1.78 bits per heavy atom. The molecule has 32 heavy (non-hydrogen) atoms. The Balaban J connectivity index is 1.51. The number of thiophene rings is 1. The van der Waals surface area contributed by atoms with Gasteiger partial charge in [0.05, 0.1) is 12.0 Å². The molecule has 0 unspecified atom stereocenters. The van der Waals surface area contributed by atoms with Crippen molar-refractivity contribution in [2.75, 3.05) is 12.4 Å². The molecule has 2 heterocycles. The zero-order chi connectivity index (χ0) is 22.5. The van der Waals surface area contributed by atoms with Crippen molar-refractivity contribution in [3.05, 3.63) is 88.0 Å². The number of allylic oxidation sites excluding steroid dienone is 1. The molecule has 0 amide bonds. The molecule has 0 radical (unpaired) electrons. The number of ether oxygens (including phenoxy) is 1. The average Bonchev–Trinajstić information content (AvgIpc) is 3.22. The minimum atomic E-state index is -0.00914. The first-order valence-electron chi connectivity index (χ1n) is 10.6. The number of hydrogen-bond acceptors (Lipinski definition) is 5. The zero-order valence-corrected chi connectivity index (χ0v) is 20.0. The van der Waals surface area contributed by atoms with E-state index in [2.05, 4.69) is 44.7 Å². The number of thioether (sulfide) groups is 1. The van der Waals surface area contributed by atoms with Gasteiger partial charge in [-0.25, -0.2) is 4.98 Å². The average molecular weight is 463 g/mol. The van der Waals surface area contributed by atoms with Crippen LogP contribution < -0.4 is 10.3 Å². The molecule has 0 fully saturated rings.